The minimum atomic E-state index is -0.0621. The van der Waals surface area contributed by atoms with Crippen LogP contribution in [0.4, 0.5) is 0 Å². The van der Waals surface area contributed by atoms with Gasteiger partial charge in [-0.1, -0.05) is 6.07 Å². The van der Waals surface area contributed by atoms with Crippen LogP contribution < -0.4 is 0 Å². The molecule has 0 unspecified atom stereocenters. The van der Waals surface area contributed by atoms with Crippen molar-refractivity contribution in [2.24, 2.45) is 5.92 Å². The molecule has 0 atom stereocenters. The van der Waals surface area contributed by atoms with E-state index in [-0.39, 0.29) is 5.60 Å². The molecule has 1 aliphatic carbocycles. The number of piperidine rings is 1. The van der Waals surface area contributed by atoms with Crippen molar-refractivity contribution in [2.45, 2.75) is 37.8 Å². The quantitative estimate of drug-likeness (QED) is 0.851. The molecule has 2 aliphatic heterocycles. The van der Waals surface area contributed by atoms with Crippen LogP contribution in [-0.2, 0) is 16.1 Å². The van der Waals surface area contributed by atoms with Gasteiger partial charge in [-0.2, -0.15) is 0 Å². The number of ether oxygens (including phenoxy) is 1. The summed E-state index contributed by atoms with van der Waals surface area (Å²) in [5.41, 5.74) is 1.05. The van der Waals surface area contributed by atoms with Gasteiger partial charge >= 0.3 is 0 Å². The van der Waals surface area contributed by atoms with E-state index in [1.54, 1.807) is 0 Å². The zero-order valence-electron chi connectivity index (χ0n) is 13.6. The Hall–Kier alpha value is -1.46. The maximum atomic E-state index is 12.2. The van der Waals surface area contributed by atoms with Crippen molar-refractivity contribution in [3.8, 4) is 0 Å². The second-order valence-electron chi connectivity index (χ2n) is 7.16. The fourth-order valence-corrected chi connectivity index (χ4v) is 3.80. The molecule has 0 radical (unpaired) electrons. The van der Waals surface area contributed by atoms with Crippen LogP contribution in [0.15, 0.2) is 24.4 Å². The number of aromatic nitrogens is 1. The van der Waals surface area contributed by atoms with Gasteiger partial charge in [0.2, 0.25) is 5.91 Å². The Balaban J connectivity index is 1.34. The Morgan fingerprint density at radius 2 is 2.09 bits per heavy atom. The SMILES string of the molecule is O=C(C1CC1)N1CCC2(CC1)CN(Cc1ccccn1)CCO2. The van der Waals surface area contributed by atoms with E-state index in [0.717, 1.165) is 70.7 Å². The maximum Gasteiger partial charge on any atom is 0.225 e. The first-order valence-electron chi connectivity index (χ1n) is 8.79. The maximum absolute atomic E-state index is 12.2. The Morgan fingerprint density at radius 1 is 1.26 bits per heavy atom. The van der Waals surface area contributed by atoms with Gasteiger partial charge < -0.3 is 9.64 Å². The van der Waals surface area contributed by atoms with Crippen LogP contribution in [0.2, 0.25) is 0 Å². The average molecular weight is 315 g/mol. The molecule has 23 heavy (non-hydrogen) atoms. The molecule has 124 valence electrons. The highest BCUT2D eigenvalue weighted by molar-refractivity contribution is 5.81. The lowest BCUT2D eigenvalue weighted by Gasteiger charge is -2.47. The molecular formula is C18H25N3O2. The van der Waals surface area contributed by atoms with E-state index >= 15 is 0 Å². The van der Waals surface area contributed by atoms with E-state index in [1.165, 1.54) is 0 Å². The first kappa shape index (κ1) is 15.1. The lowest BCUT2D eigenvalue weighted by Crippen LogP contribution is -2.57. The Kier molecular flexibility index (Phi) is 4.07. The molecule has 0 N–H and O–H groups in total. The topological polar surface area (TPSA) is 45.7 Å². The molecule has 0 aromatic carbocycles. The van der Waals surface area contributed by atoms with Crippen LogP contribution in [0, 0.1) is 5.92 Å². The van der Waals surface area contributed by atoms with Crippen molar-refractivity contribution in [1.82, 2.24) is 14.8 Å². The Bertz CT molecular complexity index is 551. The summed E-state index contributed by atoms with van der Waals surface area (Å²) in [5, 5.41) is 0. The van der Waals surface area contributed by atoms with E-state index < -0.39 is 0 Å². The van der Waals surface area contributed by atoms with Crippen molar-refractivity contribution in [2.75, 3.05) is 32.8 Å². The van der Waals surface area contributed by atoms with Crippen LogP contribution in [0.1, 0.15) is 31.4 Å². The minimum Gasteiger partial charge on any atom is -0.372 e. The molecule has 3 aliphatic rings. The van der Waals surface area contributed by atoms with Gasteiger partial charge in [0.1, 0.15) is 0 Å². The number of rotatable bonds is 3. The summed E-state index contributed by atoms with van der Waals surface area (Å²) in [5.74, 6) is 0.706. The molecule has 1 aromatic rings. The molecule has 0 bridgehead atoms. The van der Waals surface area contributed by atoms with Gasteiger partial charge in [-0.05, 0) is 37.8 Å². The van der Waals surface area contributed by atoms with E-state index in [9.17, 15) is 4.79 Å². The molecule has 1 saturated carbocycles. The lowest BCUT2D eigenvalue weighted by molar-refractivity contribution is -0.152. The van der Waals surface area contributed by atoms with E-state index in [1.807, 2.05) is 18.3 Å². The van der Waals surface area contributed by atoms with Gasteiger partial charge in [0.05, 0.1) is 17.9 Å². The molecule has 1 aromatic heterocycles. The normalized spacial score (nSPS) is 24.8. The summed E-state index contributed by atoms with van der Waals surface area (Å²) in [4.78, 5) is 21.1. The third-order valence-corrected chi connectivity index (χ3v) is 5.35. The van der Waals surface area contributed by atoms with Crippen molar-refractivity contribution >= 4 is 5.91 Å². The van der Waals surface area contributed by atoms with Crippen molar-refractivity contribution in [3.63, 3.8) is 0 Å². The highest BCUT2D eigenvalue weighted by Crippen LogP contribution is 2.35. The fraction of sp³-hybridized carbons (Fsp3) is 0.667. The number of morpholine rings is 1. The average Bonchev–Trinajstić information content (AvgIpc) is 3.41. The van der Waals surface area contributed by atoms with Gasteiger partial charge in [0.15, 0.2) is 0 Å². The molecule has 1 amide bonds. The number of hydrogen-bond donors (Lipinski definition) is 0. The minimum absolute atomic E-state index is 0.0621. The first-order valence-corrected chi connectivity index (χ1v) is 8.79. The first-order chi connectivity index (χ1) is 11.2. The zero-order chi connectivity index (χ0) is 15.7. The summed E-state index contributed by atoms with van der Waals surface area (Å²) in [7, 11) is 0. The number of carbonyl (C=O) groups excluding carboxylic acids is 1. The van der Waals surface area contributed by atoms with E-state index in [2.05, 4.69) is 20.9 Å². The summed E-state index contributed by atoms with van der Waals surface area (Å²) in [6, 6.07) is 6.08. The molecular weight excluding hydrogens is 290 g/mol. The predicted octanol–water partition coefficient (Wildman–Crippen LogP) is 1.68. The molecule has 2 saturated heterocycles. The Labute approximate surface area is 137 Å². The number of carbonyl (C=O) groups is 1. The van der Waals surface area contributed by atoms with E-state index in [4.69, 9.17) is 4.74 Å². The number of pyridine rings is 1. The smallest absolute Gasteiger partial charge is 0.225 e. The monoisotopic (exact) mass is 315 g/mol. The highest BCUT2D eigenvalue weighted by Gasteiger charge is 2.42. The lowest BCUT2D eigenvalue weighted by atomic mass is 9.89. The predicted molar refractivity (Wildman–Crippen MR) is 86.7 cm³/mol. The van der Waals surface area contributed by atoms with Crippen LogP contribution in [0.5, 0.6) is 0 Å². The van der Waals surface area contributed by atoms with Gasteiger partial charge in [-0.25, -0.2) is 0 Å². The number of amides is 1. The van der Waals surface area contributed by atoms with Gasteiger partial charge in [-0.15, -0.1) is 0 Å². The summed E-state index contributed by atoms with van der Waals surface area (Å²) >= 11 is 0. The van der Waals surface area contributed by atoms with Crippen molar-refractivity contribution in [1.29, 1.82) is 0 Å². The standard InChI is InChI=1S/C18H25N3O2/c22-17(15-4-5-15)21-9-6-18(7-10-21)14-20(11-12-23-18)13-16-3-1-2-8-19-16/h1-3,8,15H,4-7,9-14H2. The third kappa shape index (κ3) is 3.40. The molecule has 5 heteroatoms. The molecule has 3 heterocycles. The van der Waals surface area contributed by atoms with Crippen LogP contribution in [0.3, 0.4) is 0 Å². The number of nitrogens with zero attached hydrogens (tertiary/aromatic N) is 3. The molecule has 4 rings (SSSR count). The largest absolute Gasteiger partial charge is 0.372 e. The second-order valence-corrected chi connectivity index (χ2v) is 7.16. The van der Waals surface area contributed by atoms with Crippen LogP contribution in [-0.4, -0.2) is 59.1 Å². The summed E-state index contributed by atoms with van der Waals surface area (Å²) in [6.07, 6.45) is 5.96. The summed E-state index contributed by atoms with van der Waals surface area (Å²) < 4.78 is 6.18. The zero-order valence-corrected chi connectivity index (χ0v) is 13.6. The molecule has 3 fully saturated rings. The van der Waals surface area contributed by atoms with Crippen molar-refractivity contribution in [3.05, 3.63) is 30.1 Å². The van der Waals surface area contributed by atoms with Gasteiger partial charge in [-0.3, -0.25) is 14.7 Å². The molecule has 1 spiro atoms. The van der Waals surface area contributed by atoms with Gasteiger partial charge in [0.25, 0.3) is 0 Å². The number of likely N-dealkylation sites (tertiary alicyclic amines) is 1. The van der Waals surface area contributed by atoms with Crippen LogP contribution in [0.25, 0.3) is 0 Å². The Morgan fingerprint density at radius 3 is 2.78 bits per heavy atom. The van der Waals surface area contributed by atoms with E-state index in [0.29, 0.717) is 11.8 Å². The van der Waals surface area contributed by atoms with Crippen molar-refractivity contribution < 1.29 is 9.53 Å². The third-order valence-electron chi connectivity index (χ3n) is 5.35. The van der Waals surface area contributed by atoms with Crippen LogP contribution >= 0.6 is 0 Å². The fourth-order valence-electron chi connectivity index (χ4n) is 3.80. The molecule has 5 nitrogen and oxygen atoms in total. The highest BCUT2D eigenvalue weighted by atomic mass is 16.5. The second kappa shape index (κ2) is 6.21. The van der Waals surface area contributed by atoms with Gasteiger partial charge in [0, 0.05) is 44.8 Å². The summed E-state index contributed by atoms with van der Waals surface area (Å²) in [6.45, 7) is 5.29. The number of hydrogen-bond acceptors (Lipinski definition) is 4.